The van der Waals surface area contributed by atoms with Crippen LogP contribution in [0.15, 0.2) is 0 Å². The third-order valence-electron chi connectivity index (χ3n) is 3.58. The zero-order valence-corrected chi connectivity index (χ0v) is 17.5. The predicted octanol–water partition coefficient (Wildman–Crippen LogP) is 3.20. The molecule has 22 heavy (non-hydrogen) atoms. The van der Waals surface area contributed by atoms with Crippen molar-refractivity contribution < 1.29 is 19.7 Å². The number of aliphatic hydroxyl groups is 2. The van der Waals surface area contributed by atoms with E-state index in [0.717, 1.165) is 12.8 Å². The van der Waals surface area contributed by atoms with Crippen molar-refractivity contribution in [2.45, 2.75) is 76.4 Å². The van der Waals surface area contributed by atoms with Crippen LogP contribution >= 0.6 is 0 Å². The summed E-state index contributed by atoms with van der Waals surface area (Å²) in [4.78, 5) is 0. The van der Waals surface area contributed by atoms with E-state index in [1.54, 1.807) is 0 Å². The van der Waals surface area contributed by atoms with E-state index in [2.05, 4.69) is 39.3 Å². The fraction of sp³-hybridized carbons (Fsp3) is 1.00. The first-order valence-corrected chi connectivity index (χ1v) is 16.0. The normalized spacial score (nSPS) is 15.8. The Morgan fingerprint density at radius 2 is 1.00 bits per heavy atom. The molecule has 0 bridgehead atoms. The lowest BCUT2D eigenvalue weighted by Crippen LogP contribution is -2.38. The first-order valence-electron chi connectivity index (χ1n) is 8.54. The van der Waals surface area contributed by atoms with Crippen LogP contribution in [0.1, 0.15) is 12.8 Å². The fourth-order valence-electron chi connectivity index (χ4n) is 2.23. The molecule has 0 saturated carbocycles. The Morgan fingerprint density at radius 1 is 0.682 bits per heavy atom. The molecule has 0 unspecified atom stereocenters. The van der Waals surface area contributed by atoms with Crippen molar-refractivity contribution in [3.63, 3.8) is 0 Å². The van der Waals surface area contributed by atoms with Gasteiger partial charge in [-0.25, -0.2) is 0 Å². The predicted molar refractivity (Wildman–Crippen MR) is 99.2 cm³/mol. The van der Waals surface area contributed by atoms with Gasteiger partial charge in [-0.15, -0.1) is 0 Å². The van der Waals surface area contributed by atoms with E-state index in [-0.39, 0.29) is 13.2 Å². The number of hydrogen-bond donors (Lipinski definition) is 2. The maximum absolute atomic E-state index is 9.47. The third-order valence-corrected chi connectivity index (χ3v) is 7.29. The minimum atomic E-state index is -1.04. The van der Waals surface area contributed by atoms with Crippen LogP contribution in [0.5, 0.6) is 0 Å². The summed E-state index contributed by atoms with van der Waals surface area (Å²) in [6.45, 7) is 15.1. The molecule has 0 aromatic heterocycles. The van der Waals surface area contributed by atoms with Gasteiger partial charge in [-0.1, -0.05) is 51.4 Å². The van der Waals surface area contributed by atoms with Gasteiger partial charge >= 0.3 is 0 Å². The van der Waals surface area contributed by atoms with Gasteiger partial charge in [0.25, 0.3) is 0 Å². The van der Waals surface area contributed by atoms with Crippen molar-refractivity contribution >= 4 is 16.1 Å². The molecule has 0 aliphatic rings. The van der Waals surface area contributed by atoms with Gasteiger partial charge in [0.1, 0.15) is 12.2 Å². The monoisotopic (exact) mass is 350 g/mol. The SMILES string of the molecule is C[Si](C)(C)CCCO[C@@H](CO)[C@@H](CO)OCCC[Si](C)(C)C. The third kappa shape index (κ3) is 12.8. The second-order valence-electron chi connectivity index (χ2n) is 8.51. The molecular weight excluding hydrogens is 312 g/mol. The Hall–Kier alpha value is 0.274. The summed E-state index contributed by atoms with van der Waals surface area (Å²) >= 11 is 0. The van der Waals surface area contributed by atoms with Crippen molar-refractivity contribution in [3.8, 4) is 0 Å². The maximum Gasteiger partial charge on any atom is 0.109 e. The largest absolute Gasteiger partial charge is 0.394 e. The van der Waals surface area contributed by atoms with Gasteiger partial charge in [0.15, 0.2) is 0 Å². The zero-order chi connectivity index (χ0) is 17.2. The molecule has 2 atom stereocenters. The summed E-state index contributed by atoms with van der Waals surface area (Å²) < 4.78 is 11.5. The van der Waals surface area contributed by atoms with E-state index in [0.29, 0.717) is 13.2 Å². The fourth-order valence-corrected chi connectivity index (χ4v) is 4.64. The quantitative estimate of drug-likeness (QED) is 0.395. The van der Waals surface area contributed by atoms with Crippen LogP contribution in [0, 0.1) is 0 Å². The van der Waals surface area contributed by atoms with Gasteiger partial charge in [0.05, 0.1) is 13.2 Å². The lowest BCUT2D eigenvalue weighted by Gasteiger charge is -2.25. The van der Waals surface area contributed by atoms with E-state index in [4.69, 9.17) is 9.47 Å². The van der Waals surface area contributed by atoms with Gasteiger partial charge < -0.3 is 19.7 Å². The average Bonchev–Trinajstić information content (AvgIpc) is 2.38. The van der Waals surface area contributed by atoms with E-state index in [9.17, 15) is 10.2 Å². The van der Waals surface area contributed by atoms with E-state index >= 15 is 0 Å². The van der Waals surface area contributed by atoms with Crippen LogP contribution in [0.3, 0.4) is 0 Å². The van der Waals surface area contributed by atoms with Gasteiger partial charge in [0.2, 0.25) is 0 Å². The van der Waals surface area contributed by atoms with Gasteiger partial charge in [-0.05, 0) is 12.8 Å². The Bertz CT molecular complexity index is 246. The molecule has 6 heteroatoms. The Balaban J connectivity index is 4.03. The molecule has 0 fully saturated rings. The summed E-state index contributed by atoms with van der Waals surface area (Å²) in [5.41, 5.74) is 0. The van der Waals surface area contributed by atoms with Gasteiger partial charge in [-0.2, -0.15) is 0 Å². The van der Waals surface area contributed by atoms with E-state index < -0.39 is 28.4 Å². The minimum absolute atomic E-state index is 0.105. The lowest BCUT2D eigenvalue weighted by atomic mass is 10.2. The summed E-state index contributed by atoms with van der Waals surface area (Å²) in [6.07, 6.45) is 1.19. The van der Waals surface area contributed by atoms with Crippen molar-refractivity contribution in [2.24, 2.45) is 0 Å². The molecule has 0 aliphatic carbocycles. The molecule has 0 saturated heterocycles. The van der Waals surface area contributed by atoms with Gasteiger partial charge in [-0.3, -0.25) is 0 Å². The van der Waals surface area contributed by atoms with Crippen molar-refractivity contribution in [3.05, 3.63) is 0 Å². The van der Waals surface area contributed by atoms with E-state index in [1.807, 2.05) is 0 Å². The highest BCUT2D eigenvalue weighted by atomic mass is 28.3. The molecule has 134 valence electrons. The number of aliphatic hydroxyl groups excluding tert-OH is 2. The molecule has 0 spiro atoms. The summed E-state index contributed by atoms with van der Waals surface area (Å²) in [5.74, 6) is 0. The summed E-state index contributed by atoms with van der Waals surface area (Å²) in [7, 11) is -2.08. The number of ether oxygens (including phenoxy) is 2. The van der Waals surface area contributed by atoms with Crippen molar-refractivity contribution in [1.29, 1.82) is 0 Å². The molecule has 0 heterocycles. The standard InChI is InChI=1S/C16H38O4Si2/c1-21(2,3)11-7-9-19-15(13-17)16(14-18)20-10-8-12-22(4,5)6/h15-18H,7-14H2,1-6H3/t15-,16+. The first kappa shape index (κ1) is 22.3. The average molecular weight is 351 g/mol. The summed E-state index contributed by atoms with van der Waals surface area (Å²) in [6, 6.07) is 2.43. The van der Waals surface area contributed by atoms with Crippen LogP contribution in [-0.2, 0) is 9.47 Å². The molecule has 0 aliphatic heterocycles. The highest BCUT2D eigenvalue weighted by molar-refractivity contribution is 6.76. The van der Waals surface area contributed by atoms with E-state index in [1.165, 1.54) is 12.1 Å². The highest BCUT2D eigenvalue weighted by Gasteiger charge is 2.22. The molecule has 0 aromatic rings. The Morgan fingerprint density at radius 3 is 1.23 bits per heavy atom. The second-order valence-corrected chi connectivity index (χ2v) is 19.8. The van der Waals surface area contributed by atoms with Crippen LogP contribution < -0.4 is 0 Å². The molecule has 4 nitrogen and oxygen atoms in total. The lowest BCUT2D eigenvalue weighted by molar-refractivity contribution is -0.108. The van der Waals surface area contributed by atoms with Gasteiger partial charge in [0, 0.05) is 29.4 Å². The first-order chi connectivity index (χ1) is 10.1. The van der Waals surface area contributed by atoms with Crippen LogP contribution in [0.4, 0.5) is 0 Å². The molecule has 0 amide bonds. The highest BCUT2D eigenvalue weighted by Crippen LogP contribution is 2.14. The zero-order valence-electron chi connectivity index (χ0n) is 15.5. The Kier molecular flexibility index (Phi) is 11.1. The molecule has 0 radical (unpaired) electrons. The second kappa shape index (κ2) is 10.9. The maximum atomic E-state index is 9.47. The topological polar surface area (TPSA) is 58.9 Å². The van der Waals surface area contributed by atoms with Crippen molar-refractivity contribution in [1.82, 2.24) is 0 Å². The smallest absolute Gasteiger partial charge is 0.109 e. The molecule has 2 N–H and O–H groups in total. The van der Waals surface area contributed by atoms with Crippen LogP contribution in [0.25, 0.3) is 0 Å². The van der Waals surface area contributed by atoms with Crippen molar-refractivity contribution in [2.75, 3.05) is 26.4 Å². The Labute approximate surface area is 139 Å². The minimum Gasteiger partial charge on any atom is -0.394 e. The van der Waals surface area contributed by atoms with Crippen LogP contribution in [0.2, 0.25) is 51.4 Å². The summed E-state index contributed by atoms with van der Waals surface area (Å²) in [5, 5.41) is 18.9. The molecule has 0 rings (SSSR count). The molecule has 0 aromatic carbocycles. The molecular formula is C16H38O4Si2. The number of rotatable bonds is 13. The van der Waals surface area contributed by atoms with Crippen LogP contribution in [-0.4, -0.2) is 65.0 Å². The number of hydrogen-bond acceptors (Lipinski definition) is 4.